The van der Waals surface area contributed by atoms with Crippen LogP contribution in [0.25, 0.3) is 0 Å². The Bertz CT molecular complexity index is 361. The van der Waals surface area contributed by atoms with Crippen molar-refractivity contribution in [3.8, 4) is 0 Å². The van der Waals surface area contributed by atoms with Crippen LogP contribution in [0.1, 0.15) is 43.8 Å². The van der Waals surface area contributed by atoms with Crippen LogP contribution in [0.2, 0.25) is 0 Å². The Morgan fingerprint density at radius 3 is 2.69 bits per heavy atom. The molecule has 88 valence electrons. The highest BCUT2D eigenvalue weighted by Crippen LogP contribution is 2.33. The van der Waals surface area contributed by atoms with Crippen LogP contribution in [-0.4, -0.2) is 5.11 Å². The summed E-state index contributed by atoms with van der Waals surface area (Å²) in [5.74, 6) is 0.310. The van der Waals surface area contributed by atoms with Crippen molar-refractivity contribution in [1.29, 1.82) is 0 Å². The van der Waals surface area contributed by atoms with E-state index in [9.17, 15) is 9.50 Å². The highest BCUT2D eigenvalue weighted by atomic mass is 79.9. The van der Waals surface area contributed by atoms with Crippen LogP contribution in [0, 0.1) is 11.7 Å². The predicted octanol–water partition coefficient (Wildman–Crippen LogP) is 4.20. The fourth-order valence-electron chi connectivity index (χ4n) is 2.42. The summed E-state index contributed by atoms with van der Waals surface area (Å²) in [4.78, 5) is 0. The molecule has 0 bridgehead atoms. The number of aliphatic hydroxyl groups excluding tert-OH is 1. The first kappa shape index (κ1) is 12.1. The molecule has 0 saturated heterocycles. The van der Waals surface area contributed by atoms with E-state index in [1.54, 1.807) is 12.1 Å². The standard InChI is InChI=1S/C13H16BrFO/c14-11-6-5-10(8-12(11)15)13(16)7-9-3-1-2-4-9/h5-6,8-9,13,16H,1-4,7H2. The van der Waals surface area contributed by atoms with E-state index in [-0.39, 0.29) is 5.82 Å². The van der Waals surface area contributed by atoms with Gasteiger partial charge < -0.3 is 5.11 Å². The molecule has 0 radical (unpaired) electrons. The Labute approximate surface area is 104 Å². The van der Waals surface area contributed by atoms with Crippen molar-refractivity contribution in [2.24, 2.45) is 5.92 Å². The van der Waals surface area contributed by atoms with Gasteiger partial charge in [0.15, 0.2) is 0 Å². The Hall–Kier alpha value is -0.410. The molecule has 1 saturated carbocycles. The average Bonchev–Trinajstić information content (AvgIpc) is 2.74. The summed E-state index contributed by atoms with van der Waals surface area (Å²) in [6.07, 6.45) is 5.19. The minimum atomic E-state index is -0.523. The number of benzene rings is 1. The molecule has 0 aliphatic heterocycles. The van der Waals surface area contributed by atoms with Crippen molar-refractivity contribution in [3.05, 3.63) is 34.1 Å². The van der Waals surface area contributed by atoms with Crippen molar-refractivity contribution >= 4 is 15.9 Å². The molecule has 0 aromatic heterocycles. The monoisotopic (exact) mass is 286 g/mol. The van der Waals surface area contributed by atoms with Gasteiger partial charge in [0.05, 0.1) is 10.6 Å². The molecular formula is C13H16BrFO. The molecule has 1 aliphatic carbocycles. The van der Waals surface area contributed by atoms with Gasteiger partial charge >= 0.3 is 0 Å². The summed E-state index contributed by atoms with van der Waals surface area (Å²) in [7, 11) is 0. The zero-order valence-corrected chi connectivity index (χ0v) is 10.7. The number of rotatable bonds is 3. The second-order valence-electron chi connectivity index (χ2n) is 4.58. The number of hydrogen-bond acceptors (Lipinski definition) is 1. The smallest absolute Gasteiger partial charge is 0.137 e. The minimum Gasteiger partial charge on any atom is -0.388 e. The summed E-state index contributed by atoms with van der Waals surface area (Å²) in [5, 5.41) is 10.0. The molecule has 1 aromatic carbocycles. The normalized spacial score (nSPS) is 18.9. The Morgan fingerprint density at radius 2 is 2.06 bits per heavy atom. The molecule has 1 nitrogen and oxygen atoms in total. The van der Waals surface area contributed by atoms with E-state index < -0.39 is 6.10 Å². The third-order valence-electron chi connectivity index (χ3n) is 3.36. The average molecular weight is 287 g/mol. The summed E-state index contributed by atoms with van der Waals surface area (Å²) in [6.45, 7) is 0. The zero-order valence-electron chi connectivity index (χ0n) is 9.13. The third kappa shape index (κ3) is 2.83. The summed E-state index contributed by atoms with van der Waals surface area (Å²) in [5.41, 5.74) is 0.688. The molecule has 1 fully saturated rings. The van der Waals surface area contributed by atoms with Crippen LogP contribution < -0.4 is 0 Å². The van der Waals surface area contributed by atoms with Gasteiger partial charge in [-0.25, -0.2) is 4.39 Å². The van der Waals surface area contributed by atoms with Gasteiger partial charge in [0.2, 0.25) is 0 Å². The van der Waals surface area contributed by atoms with Crippen LogP contribution >= 0.6 is 15.9 Å². The summed E-state index contributed by atoms with van der Waals surface area (Å²) >= 11 is 3.11. The molecule has 0 spiro atoms. The fourth-order valence-corrected chi connectivity index (χ4v) is 2.66. The summed E-state index contributed by atoms with van der Waals surface area (Å²) < 4.78 is 13.7. The van der Waals surface area contributed by atoms with Gasteiger partial charge in [-0.05, 0) is 46.0 Å². The zero-order chi connectivity index (χ0) is 11.5. The van der Waals surface area contributed by atoms with Crippen molar-refractivity contribution in [2.45, 2.75) is 38.2 Å². The SMILES string of the molecule is OC(CC1CCCC1)c1ccc(Br)c(F)c1. The Morgan fingerprint density at radius 1 is 1.38 bits per heavy atom. The predicted molar refractivity (Wildman–Crippen MR) is 65.6 cm³/mol. The second kappa shape index (κ2) is 5.28. The molecular weight excluding hydrogens is 271 g/mol. The van der Waals surface area contributed by atoms with Gasteiger partial charge in [-0.15, -0.1) is 0 Å². The third-order valence-corrected chi connectivity index (χ3v) is 4.00. The maximum atomic E-state index is 13.3. The van der Waals surface area contributed by atoms with Crippen molar-refractivity contribution < 1.29 is 9.50 Å². The van der Waals surface area contributed by atoms with E-state index in [1.807, 2.05) is 0 Å². The highest BCUT2D eigenvalue weighted by Gasteiger charge is 2.20. The van der Waals surface area contributed by atoms with Crippen LogP contribution in [0.4, 0.5) is 4.39 Å². The molecule has 16 heavy (non-hydrogen) atoms. The van der Waals surface area contributed by atoms with E-state index in [0.29, 0.717) is 16.0 Å². The van der Waals surface area contributed by atoms with Gasteiger partial charge in [-0.3, -0.25) is 0 Å². The van der Waals surface area contributed by atoms with E-state index in [2.05, 4.69) is 15.9 Å². The van der Waals surface area contributed by atoms with Gasteiger partial charge in [0, 0.05) is 0 Å². The minimum absolute atomic E-state index is 0.303. The number of hydrogen-bond donors (Lipinski definition) is 1. The first-order valence-electron chi connectivity index (χ1n) is 5.80. The van der Waals surface area contributed by atoms with Crippen LogP contribution in [0.5, 0.6) is 0 Å². The van der Waals surface area contributed by atoms with Crippen LogP contribution in [0.3, 0.4) is 0 Å². The van der Waals surface area contributed by atoms with E-state index in [1.165, 1.54) is 31.7 Å². The fraction of sp³-hybridized carbons (Fsp3) is 0.538. The lowest BCUT2D eigenvalue weighted by molar-refractivity contribution is 0.144. The molecule has 2 rings (SSSR count). The number of halogens is 2. The molecule has 1 aliphatic rings. The van der Waals surface area contributed by atoms with Gasteiger partial charge in [0.25, 0.3) is 0 Å². The molecule has 3 heteroatoms. The highest BCUT2D eigenvalue weighted by molar-refractivity contribution is 9.10. The topological polar surface area (TPSA) is 20.2 Å². The molecule has 1 aromatic rings. The Kier molecular flexibility index (Phi) is 3.98. The van der Waals surface area contributed by atoms with E-state index in [0.717, 1.165) is 6.42 Å². The van der Waals surface area contributed by atoms with Gasteiger partial charge in [-0.2, -0.15) is 0 Å². The van der Waals surface area contributed by atoms with Crippen molar-refractivity contribution in [3.63, 3.8) is 0 Å². The molecule has 1 unspecified atom stereocenters. The second-order valence-corrected chi connectivity index (χ2v) is 5.43. The molecule has 0 amide bonds. The van der Waals surface area contributed by atoms with E-state index in [4.69, 9.17) is 0 Å². The molecule has 0 heterocycles. The van der Waals surface area contributed by atoms with E-state index >= 15 is 0 Å². The van der Waals surface area contributed by atoms with Gasteiger partial charge in [0.1, 0.15) is 5.82 Å². The van der Waals surface area contributed by atoms with Gasteiger partial charge in [-0.1, -0.05) is 31.7 Å². The lowest BCUT2D eigenvalue weighted by Crippen LogP contribution is -2.04. The van der Waals surface area contributed by atoms with Crippen LogP contribution in [0.15, 0.2) is 22.7 Å². The number of aliphatic hydroxyl groups is 1. The van der Waals surface area contributed by atoms with Crippen molar-refractivity contribution in [1.82, 2.24) is 0 Å². The Balaban J connectivity index is 2.02. The molecule has 1 N–H and O–H groups in total. The molecule has 1 atom stereocenters. The largest absolute Gasteiger partial charge is 0.388 e. The lowest BCUT2D eigenvalue weighted by atomic mass is 9.96. The van der Waals surface area contributed by atoms with Crippen LogP contribution in [-0.2, 0) is 0 Å². The maximum Gasteiger partial charge on any atom is 0.137 e. The summed E-state index contributed by atoms with van der Waals surface area (Å²) in [6, 6.07) is 4.86. The maximum absolute atomic E-state index is 13.3. The van der Waals surface area contributed by atoms with Crippen molar-refractivity contribution in [2.75, 3.05) is 0 Å². The quantitative estimate of drug-likeness (QED) is 0.883. The first-order chi connectivity index (χ1) is 7.66. The lowest BCUT2D eigenvalue weighted by Gasteiger charge is -2.15. The first-order valence-corrected chi connectivity index (χ1v) is 6.59.